The fourth-order valence-corrected chi connectivity index (χ4v) is 3.51. The first-order valence-electron chi connectivity index (χ1n) is 7.76. The van der Waals surface area contributed by atoms with Crippen molar-refractivity contribution in [1.29, 1.82) is 0 Å². The average Bonchev–Trinajstić information content (AvgIpc) is 3.15. The molecule has 25 heavy (non-hydrogen) atoms. The number of aromatic nitrogens is 1. The normalized spacial score (nSPS) is 16.3. The Morgan fingerprint density at radius 3 is 2.76 bits per heavy atom. The zero-order chi connectivity index (χ0) is 18.1. The standard InChI is InChI=1S/C17H19N3O4S/c1-8-6-13(23-4)9(2)5-11(8)14-10(3)25-16(19-14)20-15(21)12-7-24-17(22)18-12/h5-6,12H,7H2,1-4H3,(H,18,22)(H,19,20,21)/t12-/m0/s1. The second kappa shape index (κ2) is 6.72. The van der Waals surface area contributed by atoms with Crippen LogP contribution in [0.15, 0.2) is 12.1 Å². The van der Waals surface area contributed by atoms with Crippen molar-refractivity contribution in [3.8, 4) is 17.0 Å². The fourth-order valence-electron chi connectivity index (χ4n) is 2.68. The minimum Gasteiger partial charge on any atom is -0.496 e. The van der Waals surface area contributed by atoms with Gasteiger partial charge in [-0.15, -0.1) is 11.3 Å². The number of aryl methyl sites for hydroxylation is 3. The second-order valence-electron chi connectivity index (χ2n) is 5.85. The van der Waals surface area contributed by atoms with Gasteiger partial charge in [-0.05, 0) is 44.0 Å². The molecule has 1 aromatic carbocycles. The lowest BCUT2D eigenvalue weighted by Gasteiger charge is -2.10. The number of cyclic esters (lactones) is 1. The van der Waals surface area contributed by atoms with E-state index in [9.17, 15) is 9.59 Å². The summed E-state index contributed by atoms with van der Waals surface area (Å²) < 4.78 is 10.1. The summed E-state index contributed by atoms with van der Waals surface area (Å²) in [7, 11) is 1.65. The van der Waals surface area contributed by atoms with Crippen LogP contribution in [0.2, 0.25) is 0 Å². The molecule has 2 amide bonds. The number of hydrogen-bond acceptors (Lipinski definition) is 6. The molecule has 2 N–H and O–H groups in total. The first-order chi connectivity index (χ1) is 11.9. The maximum absolute atomic E-state index is 12.2. The largest absolute Gasteiger partial charge is 0.496 e. The Labute approximate surface area is 149 Å². The summed E-state index contributed by atoms with van der Waals surface area (Å²) in [6.45, 7) is 5.97. The van der Waals surface area contributed by atoms with Crippen molar-refractivity contribution >= 4 is 28.5 Å². The first-order valence-corrected chi connectivity index (χ1v) is 8.58. The third-order valence-corrected chi connectivity index (χ3v) is 4.90. The molecule has 0 unspecified atom stereocenters. The van der Waals surface area contributed by atoms with Gasteiger partial charge in [0.1, 0.15) is 18.4 Å². The van der Waals surface area contributed by atoms with E-state index < -0.39 is 12.1 Å². The lowest BCUT2D eigenvalue weighted by Crippen LogP contribution is -2.38. The Morgan fingerprint density at radius 1 is 1.36 bits per heavy atom. The second-order valence-corrected chi connectivity index (χ2v) is 7.05. The molecule has 0 saturated carbocycles. The number of nitrogens with one attached hydrogen (secondary N) is 2. The van der Waals surface area contributed by atoms with E-state index in [2.05, 4.69) is 15.6 Å². The van der Waals surface area contributed by atoms with Gasteiger partial charge >= 0.3 is 6.09 Å². The van der Waals surface area contributed by atoms with E-state index in [1.807, 2.05) is 32.9 Å². The summed E-state index contributed by atoms with van der Waals surface area (Å²) in [5, 5.41) is 5.68. The van der Waals surface area contributed by atoms with Gasteiger partial charge in [0, 0.05) is 10.4 Å². The van der Waals surface area contributed by atoms with Crippen LogP contribution < -0.4 is 15.4 Å². The van der Waals surface area contributed by atoms with Crippen molar-refractivity contribution < 1.29 is 19.1 Å². The summed E-state index contributed by atoms with van der Waals surface area (Å²) in [6, 6.07) is 3.32. The van der Waals surface area contributed by atoms with Crippen LogP contribution >= 0.6 is 11.3 Å². The van der Waals surface area contributed by atoms with Crippen LogP contribution in [0.5, 0.6) is 5.75 Å². The number of thiazole rings is 1. The predicted octanol–water partition coefficient (Wildman–Crippen LogP) is 2.79. The number of carbonyl (C=O) groups excluding carboxylic acids is 2. The van der Waals surface area contributed by atoms with Crippen LogP contribution in [-0.4, -0.2) is 36.7 Å². The quantitative estimate of drug-likeness (QED) is 0.874. The smallest absolute Gasteiger partial charge is 0.407 e. The summed E-state index contributed by atoms with van der Waals surface area (Å²) >= 11 is 1.39. The van der Waals surface area contributed by atoms with E-state index in [-0.39, 0.29) is 12.5 Å². The molecular weight excluding hydrogens is 342 g/mol. The van der Waals surface area contributed by atoms with Crippen LogP contribution in [0.1, 0.15) is 16.0 Å². The van der Waals surface area contributed by atoms with Gasteiger partial charge in [0.2, 0.25) is 0 Å². The number of ether oxygens (including phenoxy) is 2. The highest BCUT2D eigenvalue weighted by molar-refractivity contribution is 7.16. The summed E-state index contributed by atoms with van der Waals surface area (Å²) in [5.74, 6) is 0.494. The minimum absolute atomic E-state index is 0.0265. The fraction of sp³-hybridized carbons (Fsp3) is 0.353. The molecule has 1 atom stereocenters. The molecule has 2 heterocycles. The number of nitrogens with zero attached hydrogens (tertiary/aromatic N) is 1. The van der Waals surface area contributed by atoms with E-state index >= 15 is 0 Å². The van der Waals surface area contributed by atoms with Gasteiger partial charge in [-0.1, -0.05) is 0 Å². The molecule has 1 aliphatic rings. The molecule has 0 spiro atoms. The molecule has 2 aromatic rings. The number of alkyl carbamates (subject to hydrolysis) is 1. The molecule has 8 heteroatoms. The van der Waals surface area contributed by atoms with Crippen molar-refractivity contribution in [2.24, 2.45) is 0 Å². The first kappa shape index (κ1) is 17.2. The van der Waals surface area contributed by atoms with Gasteiger partial charge in [0.15, 0.2) is 5.13 Å². The molecule has 0 aliphatic carbocycles. The average molecular weight is 361 g/mol. The van der Waals surface area contributed by atoms with Gasteiger partial charge in [0.25, 0.3) is 5.91 Å². The Bertz CT molecular complexity index is 847. The number of anilines is 1. The van der Waals surface area contributed by atoms with Crippen LogP contribution in [0.25, 0.3) is 11.3 Å². The monoisotopic (exact) mass is 361 g/mol. The van der Waals surface area contributed by atoms with E-state index in [0.717, 1.165) is 33.0 Å². The van der Waals surface area contributed by atoms with Crippen LogP contribution in [-0.2, 0) is 9.53 Å². The Hall–Kier alpha value is -2.61. The maximum Gasteiger partial charge on any atom is 0.407 e. The van der Waals surface area contributed by atoms with Crippen molar-refractivity contribution in [3.05, 3.63) is 28.1 Å². The molecular formula is C17H19N3O4S. The van der Waals surface area contributed by atoms with Crippen LogP contribution in [0.4, 0.5) is 9.93 Å². The topological polar surface area (TPSA) is 89.6 Å². The van der Waals surface area contributed by atoms with Crippen molar-refractivity contribution in [1.82, 2.24) is 10.3 Å². The highest BCUT2D eigenvalue weighted by Crippen LogP contribution is 2.35. The molecule has 1 aromatic heterocycles. The minimum atomic E-state index is -0.690. The molecule has 0 bridgehead atoms. The summed E-state index contributed by atoms with van der Waals surface area (Å²) in [5.41, 5.74) is 3.90. The van der Waals surface area contributed by atoms with E-state index in [1.54, 1.807) is 7.11 Å². The molecule has 0 radical (unpaired) electrons. The number of hydrogen-bond donors (Lipinski definition) is 2. The van der Waals surface area contributed by atoms with Crippen LogP contribution in [0.3, 0.4) is 0 Å². The van der Waals surface area contributed by atoms with Gasteiger partial charge in [-0.3, -0.25) is 4.79 Å². The third-order valence-electron chi connectivity index (χ3n) is 4.01. The number of carbonyl (C=O) groups is 2. The lowest BCUT2D eigenvalue weighted by atomic mass is 10.0. The van der Waals surface area contributed by atoms with Gasteiger partial charge < -0.3 is 20.1 Å². The van der Waals surface area contributed by atoms with Crippen molar-refractivity contribution in [2.45, 2.75) is 26.8 Å². The van der Waals surface area contributed by atoms with Gasteiger partial charge in [-0.25, -0.2) is 9.78 Å². The SMILES string of the molecule is COc1cc(C)c(-c2nc(NC(=O)[C@@H]3COC(=O)N3)sc2C)cc1C. The zero-order valence-corrected chi connectivity index (χ0v) is 15.2. The predicted molar refractivity (Wildman–Crippen MR) is 95.2 cm³/mol. The summed E-state index contributed by atoms with van der Waals surface area (Å²) in [4.78, 5) is 28.8. The Kier molecular flexibility index (Phi) is 4.63. The lowest BCUT2D eigenvalue weighted by molar-refractivity contribution is -0.117. The molecule has 1 aliphatic heterocycles. The van der Waals surface area contributed by atoms with Crippen molar-refractivity contribution in [3.63, 3.8) is 0 Å². The van der Waals surface area contributed by atoms with E-state index in [4.69, 9.17) is 9.47 Å². The number of amides is 2. The van der Waals surface area contributed by atoms with Gasteiger partial charge in [-0.2, -0.15) is 0 Å². The van der Waals surface area contributed by atoms with Crippen molar-refractivity contribution in [2.75, 3.05) is 19.0 Å². The number of rotatable bonds is 4. The van der Waals surface area contributed by atoms with E-state index in [1.165, 1.54) is 11.3 Å². The maximum atomic E-state index is 12.2. The van der Waals surface area contributed by atoms with E-state index in [0.29, 0.717) is 5.13 Å². The summed E-state index contributed by atoms with van der Waals surface area (Å²) in [6.07, 6.45) is -0.583. The molecule has 3 rings (SSSR count). The Morgan fingerprint density at radius 2 is 2.12 bits per heavy atom. The van der Waals surface area contributed by atoms with Gasteiger partial charge in [0.05, 0.1) is 12.8 Å². The van der Waals surface area contributed by atoms with Crippen LogP contribution in [0, 0.1) is 20.8 Å². The highest BCUT2D eigenvalue weighted by atomic mass is 32.1. The Balaban J connectivity index is 1.84. The molecule has 1 fully saturated rings. The number of benzene rings is 1. The molecule has 1 saturated heterocycles. The number of methoxy groups -OCH3 is 1. The highest BCUT2D eigenvalue weighted by Gasteiger charge is 2.29. The molecule has 132 valence electrons. The zero-order valence-electron chi connectivity index (χ0n) is 14.4. The third kappa shape index (κ3) is 3.43. The molecule has 7 nitrogen and oxygen atoms in total.